The van der Waals surface area contributed by atoms with Gasteiger partial charge in [0.15, 0.2) is 0 Å². The minimum absolute atomic E-state index is 0.100. The van der Waals surface area contributed by atoms with Crippen LogP contribution in [0.25, 0.3) is 0 Å². The highest BCUT2D eigenvalue weighted by Gasteiger charge is 2.34. The lowest BCUT2D eigenvalue weighted by molar-refractivity contribution is -0.141. The highest BCUT2D eigenvalue weighted by molar-refractivity contribution is 5.99. The first-order chi connectivity index (χ1) is 7.58. The zero-order chi connectivity index (χ0) is 11.7. The molecular weight excluding hydrogens is 206 g/mol. The summed E-state index contributed by atoms with van der Waals surface area (Å²) >= 11 is 0. The quantitative estimate of drug-likeness (QED) is 0.818. The number of carboxylic acid groups (broad SMARTS) is 1. The van der Waals surface area contributed by atoms with Crippen molar-refractivity contribution in [2.45, 2.75) is 13.3 Å². The lowest BCUT2D eigenvalue weighted by atomic mass is 10.1. The van der Waals surface area contributed by atoms with Crippen LogP contribution in [0.3, 0.4) is 0 Å². The number of aryl methyl sites for hydroxylation is 1. The maximum Gasteiger partial charge on any atom is 0.308 e. The molecule has 0 saturated carbocycles. The molecule has 1 amide bonds. The van der Waals surface area contributed by atoms with Gasteiger partial charge >= 0.3 is 5.97 Å². The average molecular weight is 219 g/mol. The fourth-order valence-corrected chi connectivity index (χ4v) is 1.92. The Labute approximate surface area is 93.5 Å². The van der Waals surface area contributed by atoms with Gasteiger partial charge in [0.25, 0.3) is 0 Å². The molecule has 1 fully saturated rings. The van der Waals surface area contributed by atoms with E-state index >= 15 is 0 Å². The zero-order valence-corrected chi connectivity index (χ0v) is 9.01. The van der Waals surface area contributed by atoms with Crippen LogP contribution < -0.4 is 4.90 Å². The molecule has 0 bridgehead atoms. The molecule has 2 rings (SSSR count). The van der Waals surface area contributed by atoms with Crippen LogP contribution in [-0.2, 0) is 9.59 Å². The van der Waals surface area contributed by atoms with Gasteiger partial charge in [0, 0.05) is 18.7 Å². The van der Waals surface area contributed by atoms with Crippen molar-refractivity contribution < 1.29 is 14.7 Å². The second-order valence-corrected chi connectivity index (χ2v) is 4.08. The summed E-state index contributed by atoms with van der Waals surface area (Å²) in [6.07, 6.45) is 0.100. The van der Waals surface area contributed by atoms with Crippen LogP contribution in [0.5, 0.6) is 0 Å². The van der Waals surface area contributed by atoms with Gasteiger partial charge < -0.3 is 10.0 Å². The van der Waals surface area contributed by atoms with E-state index in [0.717, 1.165) is 11.3 Å². The van der Waals surface area contributed by atoms with E-state index in [0.29, 0.717) is 0 Å². The standard InChI is InChI=1S/C12H13NO3/c1-8-3-2-4-10(5-8)13-7-9(12(15)16)6-11(13)14/h2-5,9H,6-7H2,1H3,(H,15,16)/t9-/m0/s1. The number of anilines is 1. The number of rotatable bonds is 2. The zero-order valence-electron chi connectivity index (χ0n) is 9.01. The van der Waals surface area contributed by atoms with Crippen LogP contribution in [0.4, 0.5) is 5.69 Å². The van der Waals surface area contributed by atoms with Crippen molar-refractivity contribution in [1.82, 2.24) is 0 Å². The molecule has 1 heterocycles. The third-order valence-electron chi connectivity index (χ3n) is 2.79. The van der Waals surface area contributed by atoms with E-state index in [1.807, 2.05) is 31.2 Å². The number of carbonyl (C=O) groups is 2. The molecule has 84 valence electrons. The van der Waals surface area contributed by atoms with E-state index in [1.165, 1.54) is 0 Å². The lowest BCUT2D eigenvalue weighted by Gasteiger charge is -2.16. The number of benzene rings is 1. The van der Waals surface area contributed by atoms with Crippen LogP contribution in [0, 0.1) is 12.8 Å². The summed E-state index contributed by atoms with van der Waals surface area (Å²) in [5.41, 5.74) is 1.85. The lowest BCUT2D eigenvalue weighted by Crippen LogP contribution is -2.25. The van der Waals surface area contributed by atoms with Gasteiger partial charge in [0.05, 0.1) is 5.92 Å². The minimum Gasteiger partial charge on any atom is -0.481 e. The first-order valence-corrected chi connectivity index (χ1v) is 5.18. The maximum absolute atomic E-state index is 11.7. The van der Waals surface area contributed by atoms with Crippen LogP contribution in [0.15, 0.2) is 24.3 Å². The summed E-state index contributed by atoms with van der Waals surface area (Å²) < 4.78 is 0. The van der Waals surface area contributed by atoms with Crippen molar-refractivity contribution >= 4 is 17.6 Å². The van der Waals surface area contributed by atoms with Crippen LogP contribution in [0.2, 0.25) is 0 Å². The molecule has 1 atom stereocenters. The topological polar surface area (TPSA) is 57.6 Å². The summed E-state index contributed by atoms with van der Waals surface area (Å²) in [5, 5.41) is 8.87. The molecule has 0 spiro atoms. The van der Waals surface area contributed by atoms with Gasteiger partial charge in [-0.3, -0.25) is 9.59 Å². The van der Waals surface area contributed by atoms with Gasteiger partial charge in [0.2, 0.25) is 5.91 Å². The fraction of sp³-hybridized carbons (Fsp3) is 0.333. The van der Waals surface area contributed by atoms with Crippen LogP contribution in [-0.4, -0.2) is 23.5 Å². The van der Waals surface area contributed by atoms with E-state index in [-0.39, 0.29) is 18.9 Å². The molecule has 1 aromatic carbocycles. The number of hydrogen-bond donors (Lipinski definition) is 1. The Morgan fingerprint density at radius 3 is 2.81 bits per heavy atom. The van der Waals surface area contributed by atoms with Crippen molar-refractivity contribution in [1.29, 1.82) is 0 Å². The Hall–Kier alpha value is -1.84. The van der Waals surface area contributed by atoms with E-state index in [9.17, 15) is 9.59 Å². The van der Waals surface area contributed by atoms with Gasteiger partial charge in [-0.15, -0.1) is 0 Å². The van der Waals surface area contributed by atoms with E-state index in [2.05, 4.69) is 0 Å². The molecule has 1 N–H and O–H groups in total. The molecule has 0 unspecified atom stereocenters. The normalized spacial score (nSPS) is 20.2. The summed E-state index contributed by atoms with van der Waals surface area (Å²) in [6.45, 7) is 2.22. The number of nitrogens with zero attached hydrogens (tertiary/aromatic N) is 1. The molecule has 1 aliphatic rings. The Morgan fingerprint density at radius 1 is 1.50 bits per heavy atom. The van der Waals surface area contributed by atoms with Crippen molar-refractivity contribution in [2.24, 2.45) is 5.92 Å². The highest BCUT2D eigenvalue weighted by atomic mass is 16.4. The first kappa shape index (κ1) is 10.7. The summed E-state index contributed by atoms with van der Waals surface area (Å²) in [6, 6.07) is 7.53. The van der Waals surface area contributed by atoms with Crippen molar-refractivity contribution in [3.63, 3.8) is 0 Å². The summed E-state index contributed by atoms with van der Waals surface area (Å²) in [5.74, 6) is -1.59. The molecule has 0 radical (unpaired) electrons. The molecule has 0 aliphatic carbocycles. The molecule has 1 aromatic rings. The van der Waals surface area contributed by atoms with E-state index in [1.54, 1.807) is 4.90 Å². The van der Waals surface area contributed by atoms with Gasteiger partial charge in [-0.25, -0.2) is 0 Å². The Morgan fingerprint density at radius 2 is 2.25 bits per heavy atom. The Kier molecular flexibility index (Phi) is 2.64. The summed E-state index contributed by atoms with van der Waals surface area (Å²) in [4.78, 5) is 24.0. The van der Waals surface area contributed by atoms with Crippen LogP contribution in [0.1, 0.15) is 12.0 Å². The van der Waals surface area contributed by atoms with Crippen molar-refractivity contribution in [3.05, 3.63) is 29.8 Å². The molecule has 4 heteroatoms. The summed E-state index contributed by atoms with van der Waals surface area (Å²) in [7, 11) is 0. The van der Waals surface area contributed by atoms with Gasteiger partial charge in [-0.2, -0.15) is 0 Å². The maximum atomic E-state index is 11.7. The van der Waals surface area contributed by atoms with Gasteiger partial charge in [-0.1, -0.05) is 12.1 Å². The van der Waals surface area contributed by atoms with E-state index in [4.69, 9.17) is 5.11 Å². The third kappa shape index (κ3) is 1.91. The highest BCUT2D eigenvalue weighted by Crippen LogP contribution is 2.25. The number of carboxylic acids is 1. The number of carbonyl (C=O) groups excluding carboxylic acids is 1. The van der Waals surface area contributed by atoms with Gasteiger partial charge in [-0.05, 0) is 24.6 Å². The Balaban J connectivity index is 2.23. The predicted molar refractivity (Wildman–Crippen MR) is 59.3 cm³/mol. The van der Waals surface area contributed by atoms with E-state index < -0.39 is 11.9 Å². The first-order valence-electron chi connectivity index (χ1n) is 5.18. The largest absolute Gasteiger partial charge is 0.481 e. The van der Waals surface area contributed by atoms with Gasteiger partial charge in [0.1, 0.15) is 0 Å². The number of hydrogen-bond acceptors (Lipinski definition) is 2. The van der Waals surface area contributed by atoms with Crippen LogP contribution >= 0.6 is 0 Å². The molecule has 1 aliphatic heterocycles. The third-order valence-corrected chi connectivity index (χ3v) is 2.79. The fourth-order valence-electron chi connectivity index (χ4n) is 1.92. The number of amides is 1. The SMILES string of the molecule is Cc1cccc(N2C[C@@H](C(=O)O)CC2=O)c1. The number of aliphatic carboxylic acids is 1. The predicted octanol–water partition coefficient (Wildman–Crippen LogP) is 1.43. The average Bonchev–Trinajstić information content (AvgIpc) is 2.60. The van der Waals surface area contributed by atoms with Crippen molar-refractivity contribution in [2.75, 3.05) is 11.4 Å². The molecule has 1 saturated heterocycles. The minimum atomic E-state index is -0.900. The molecular formula is C12H13NO3. The Bertz CT molecular complexity index is 442. The monoisotopic (exact) mass is 219 g/mol. The van der Waals surface area contributed by atoms with Crippen molar-refractivity contribution in [3.8, 4) is 0 Å². The molecule has 0 aromatic heterocycles. The second-order valence-electron chi connectivity index (χ2n) is 4.08. The second kappa shape index (κ2) is 3.96. The molecule has 16 heavy (non-hydrogen) atoms. The molecule has 4 nitrogen and oxygen atoms in total. The smallest absolute Gasteiger partial charge is 0.308 e.